The Morgan fingerprint density at radius 3 is 2.84 bits per heavy atom. The number of aliphatic imine (C=N–C) groups is 1. The van der Waals surface area contributed by atoms with E-state index >= 15 is 0 Å². The predicted octanol–water partition coefficient (Wildman–Crippen LogP) is 1.77. The molecule has 0 aromatic rings. The Morgan fingerprint density at radius 1 is 1.37 bits per heavy atom. The highest BCUT2D eigenvalue weighted by atomic mass is 127. The zero-order chi connectivity index (χ0) is 13.1. The summed E-state index contributed by atoms with van der Waals surface area (Å²) in [5.41, 5.74) is 0. The number of halogens is 1. The molecule has 0 aliphatic carbocycles. The van der Waals surface area contributed by atoms with Crippen molar-refractivity contribution in [3.05, 3.63) is 0 Å². The van der Waals surface area contributed by atoms with Crippen LogP contribution in [0.5, 0.6) is 0 Å². The fourth-order valence-corrected chi connectivity index (χ4v) is 1.74. The van der Waals surface area contributed by atoms with Crippen molar-refractivity contribution in [2.75, 3.05) is 39.5 Å². The highest BCUT2D eigenvalue weighted by Crippen LogP contribution is 2.07. The molecule has 2 N–H and O–H groups in total. The van der Waals surface area contributed by atoms with Gasteiger partial charge >= 0.3 is 0 Å². The summed E-state index contributed by atoms with van der Waals surface area (Å²) in [4.78, 5) is 4.44. The molecule has 114 valence electrons. The first-order chi connectivity index (χ1) is 8.86. The number of hydrogen-bond donors (Lipinski definition) is 2. The van der Waals surface area contributed by atoms with E-state index in [-0.39, 0.29) is 24.0 Å². The van der Waals surface area contributed by atoms with Crippen LogP contribution in [0.1, 0.15) is 33.1 Å². The molecule has 0 spiro atoms. The zero-order valence-corrected chi connectivity index (χ0v) is 14.4. The Hall–Kier alpha value is -0.0800. The summed E-state index contributed by atoms with van der Waals surface area (Å²) in [5.74, 6) is 0.906. The van der Waals surface area contributed by atoms with E-state index in [2.05, 4.69) is 29.5 Å². The van der Waals surface area contributed by atoms with Gasteiger partial charge in [-0.25, -0.2) is 0 Å². The van der Waals surface area contributed by atoms with Crippen LogP contribution in [-0.4, -0.2) is 51.5 Å². The lowest BCUT2D eigenvalue weighted by molar-refractivity contribution is 0.0420. The average Bonchev–Trinajstić information content (AvgIpc) is 2.88. The van der Waals surface area contributed by atoms with E-state index in [0.717, 1.165) is 64.7 Å². The van der Waals surface area contributed by atoms with Crippen LogP contribution in [0.4, 0.5) is 0 Å². The molecule has 1 heterocycles. The van der Waals surface area contributed by atoms with Gasteiger partial charge in [-0.15, -0.1) is 24.0 Å². The second-order valence-corrected chi connectivity index (χ2v) is 4.40. The van der Waals surface area contributed by atoms with Crippen LogP contribution in [-0.2, 0) is 9.47 Å². The first-order valence-corrected chi connectivity index (χ1v) is 7.08. The van der Waals surface area contributed by atoms with Crippen LogP contribution >= 0.6 is 24.0 Å². The number of ether oxygens (including phenoxy) is 2. The minimum atomic E-state index is 0. The fraction of sp³-hybridized carbons (Fsp3) is 0.923. The molecular formula is C13H28IN3O2. The summed E-state index contributed by atoms with van der Waals surface area (Å²) >= 11 is 0. The second kappa shape index (κ2) is 12.9. The molecule has 19 heavy (non-hydrogen) atoms. The normalized spacial score (nSPS) is 19.1. The average molecular weight is 385 g/mol. The Kier molecular flexibility index (Phi) is 12.9. The van der Waals surface area contributed by atoms with E-state index < -0.39 is 0 Å². The van der Waals surface area contributed by atoms with Crippen molar-refractivity contribution in [1.29, 1.82) is 0 Å². The van der Waals surface area contributed by atoms with Gasteiger partial charge in [0, 0.05) is 32.8 Å². The lowest BCUT2D eigenvalue weighted by Gasteiger charge is -2.12. The van der Waals surface area contributed by atoms with Crippen molar-refractivity contribution in [3.8, 4) is 0 Å². The van der Waals surface area contributed by atoms with Gasteiger partial charge in [0.1, 0.15) is 0 Å². The third-order valence-electron chi connectivity index (χ3n) is 2.69. The quantitative estimate of drug-likeness (QED) is 0.290. The van der Waals surface area contributed by atoms with Crippen molar-refractivity contribution in [3.63, 3.8) is 0 Å². The van der Waals surface area contributed by atoms with E-state index in [1.54, 1.807) is 0 Å². The highest BCUT2D eigenvalue weighted by molar-refractivity contribution is 14.0. The first kappa shape index (κ1) is 18.9. The monoisotopic (exact) mass is 385 g/mol. The number of rotatable bonds is 8. The standard InChI is InChI=1S/C13H27N3O2.HI/c1-3-7-15-13(14-4-2)16-8-5-9-18-12-6-10-17-11-12;/h12H,3-11H2,1-2H3,(H2,14,15,16);1H. The minimum absolute atomic E-state index is 0. The third-order valence-corrected chi connectivity index (χ3v) is 2.69. The van der Waals surface area contributed by atoms with Gasteiger partial charge in [-0.1, -0.05) is 6.92 Å². The Bertz CT molecular complexity index is 234. The summed E-state index contributed by atoms with van der Waals surface area (Å²) in [6, 6.07) is 0. The van der Waals surface area contributed by atoms with E-state index in [9.17, 15) is 0 Å². The number of hydrogen-bond acceptors (Lipinski definition) is 3. The predicted molar refractivity (Wildman–Crippen MR) is 89.5 cm³/mol. The van der Waals surface area contributed by atoms with Gasteiger partial charge in [-0.3, -0.25) is 4.99 Å². The molecule has 0 saturated carbocycles. The molecule has 1 aliphatic heterocycles. The van der Waals surface area contributed by atoms with Crippen molar-refractivity contribution in [2.45, 2.75) is 39.2 Å². The highest BCUT2D eigenvalue weighted by Gasteiger charge is 2.15. The number of guanidine groups is 1. The molecule has 0 radical (unpaired) electrons. The van der Waals surface area contributed by atoms with Crippen molar-refractivity contribution in [2.24, 2.45) is 4.99 Å². The summed E-state index contributed by atoms with van der Waals surface area (Å²) in [5, 5.41) is 6.54. The molecule has 1 aliphatic rings. The second-order valence-electron chi connectivity index (χ2n) is 4.40. The summed E-state index contributed by atoms with van der Waals surface area (Å²) in [6.45, 7) is 9.25. The summed E-state index contributed by atoms with van der Waals surface area (Å²) in [6.07, 6.45) is 3.41. The van der Waals surface area contributed by atoms with Crippen LogP contribution in [0.25, 0.3) is 0 Å². The van der Waals surface area contributed by atoms with Crippen molar-refractivity contribution in [1.82, 2.24) is 10.6 Å². The van der Waals surface area contributed by atoms with Gasteiger partial charge < -0.3 is 20.1 Å². The largest absolute Gasteiger partial charge is 0.379 e. The van der Waals surface area contributed by atoms with Crippen LogP contribution in [0.15, 0.2) is 4.99 Å². The van der Waals surface area contributed by atoms with Crippen LogP contribution in [0.2, 0.25) is 0 Å². The van der Waals surface area contributed by atoms with E-state index in [0.29, 0.717) is 6.10 Å². The molecule has 1 rings (SSSR count). The number of nitrogens with zero attached hydrogens (tertiary/aromatic N) is 1. The molecule has 5 nitrogen and oxygen atoms in total. The Morgan fingerprint density at radius 2 is 2.21 bits per heavy atom. The maximum atomic E-state index is 5.70. The molecule has 0 aromatic carbocycles. The van der Waals surface area contributed by atoms with Crippen LogP contribution < -0.4 is 10.6 Å². The molecule has 0 aromatic heterocycles. The van der Waals surface area contributed by atoms with Gasteiger partial charge in [0.25, 0.3) is 0 Å². The van der Waals surface area contributed by atoms with Gasteiger partial charge in [-0.05, 0) is 26.2 Å². The SMILES string of the molecule is CCCN=C(NCC)NCCCOC1CCOC1.I. The van der Waals surface area contributed by atoms with Gasteiger partial charge in [-0.2, -0.15) is 0 Å². The van der Waals surface area contributed by atoms with E-state index in [4.69, 9.17) is 9.47 Å². The summed E-state index contributed by atoms with van der Waals surface area (Å²) < 4.78 is 11.0. The topological polar surface area (TPSA) is 54.9 Å². The Labute approximate surface area is 133 Å². The van der Waals surface area contributed by atoms with Crippen LogP contribution in [0.3, 0.4) is 0 Å². The van der Waals surface area contributed by atoms with Crippen molar-refractivity contribution >= 4 is 29.9 Å². The van der Waals surface area contributed by atoms with Gasteiger partial charge in [0.2, 0.25) is 0 Å². The van der Waals surface area contributed by atoms with Gasteiger partial charge in [0.15, 0.2) is 5.96 Å². The molecule has 1 atom stereocenters. The minimum Gasteiger partial charge on any atom is -0.379 e. The molecule has 1 fully saturated rings. The smallest absolute Gasteiger partial charge is 0.191 e. The summed E-state index contributed by atoms with van der Waals surface area (Å²) in [7, 11) is 0. The molecule has 0 amide bonds. The first-order valence-electron chi connectivity index (χ1n) is 7.08. The van der Waals surface area contributed by atoms with Crippen LogP contribution in [0, 0.1) is 0 Å². The van der Waals surface area contributed by atoms with Crippen molar-refractivity contribution < 1.29 is 9.47 Å². The lowest BCUT2D eigenvalue weighted by Crippen LogP contribution is -2.38. The maximum absolute atomic E-state index is 5.70. The third kappa shape index (κ3) is 9.45. The van der Waals surface area contributed by atoms with E-state index in [1.807, 2.05) is 0 Å². The van der Waals surface area contributed by atoms with Gasteiger partial charge in [0.05, 0.1) is 12.7 Å². The molecular weight excluding hydrogens is 357 g/mol. The fourth-order valence-electron chi connectivity index (χ4n) is 1.74. The molecule has 0 bridgehead atoms. The Balaban J connectivity index is 0.00000324. The maximum Gasteiger partial charge on any atom is 0.191 e. The molecule has 1 saturated heterocycles. The number of nitrogens with one attached hydrogen (secondary N) is 2. The zero-order valence-electron chi connectivity index (χ0n) is 12.1. The lowest BCUT2D eigenvalue weighted by atomic mass is 10.3. The van der Waals surface area contributed by atoms with E-state index in [1.165, 1.54) is 0 Å². The molecule has 1 unspecified atom stereocenters. The molecule has 6 heteroatoms.